The molecule has 0 atom stereocenters. The number of nitrogens with zero attached hydrogens (tertiary/aromatic N) is 3. The first-order valence-corrected chi connectivity index (χ1v) is 8.03. The van der Waals surface area contributed by atoms with E-state index in [1.165, 1.54) is 24.1 Å². The SMILES string of the molecule is O=C(CSc1n[nH]c2nc3ccccc3n12)NC(=O)c1ccco1. The average molecular weight is 341 g/mol. The Hall–Kier alpha value is -3.07. The zero-order chi connectivity index (χ0) is 16.5. The highest BCUT2D eigenvalue weighted by atomic mass is 32.2. The van der Waals surface area contributed by atoms with E-state index < -0.39 is 11.8 Å². The number of H-pyrrole nitrogens is 1. The molecule has 1 aromatic carbocycles. The molecule has 8 nitrogen and oxygen atoms in total. The van der Waals surface area contributed by atoms with E-state index in [4.69, 9.17) is 4.42 Å². The van der Waals surface area contributed by atoms with Crippen LogP contribution in [0.3, 0.4) is 0 Å². The van der Waals surface area contributed by atoms with Crippen molar-refractivity contribution in [1.82, 2.24) is 24.9 Å². The molecule has 0 radical (unpaired) electrons. The summed E-state index contributed by atoms with van der Waals surface area (Å²) in [6, 6.07) is 10.7. The highest BCUT2D eigenvalue weighted by Crippen LogP contribution is 2.22. The molecule has 2 amide bonds. The number of hydrogen-bond donors (Lipinski definition) is 2. The number of thioether (sulfide) groups is 1. The topological polar surface area (TPSA) is 105 Å². The third-order valence-corrected chi connectivity index (χ3v) is 4.27. The minimum absolute atomic E-state index is 0.0406. The Bertz CT molecular complexity index is 1030. The lowest BCUT2D eigenvalue weighted by Crippen LogP contribution is -2.31. The highest BCUT2D eigenvalue weighted by Gasteiger charge is 2.16. The maximum atomic E-state index is 11.9. The maximum absolute atomic E-state index is 11.9. The summed E-state index contributed by atoms with van der Waals surface area (Å²) in [4.78, 5) is 28.1. The molecule has 0 saturated carbocycles. The van der Waals surface area contributed by atoms with E-state index in [-0.39, 0.29) is 11.5 Å². The lowest BCUT2D eigenvalue weighted by atomic mass is 10.3. The van der Waals surface area contributed by atoms with Gasteiger partial charge in [-0.1, -0.05) is 23.9 Å². The van der Waals surface area contributed by atoms with Gasteiger partial charge < -0.3 is 4.42 Å². The monoisotopic (exact) mass is 341 g/mol. The fourth-order valence-electron chi connectivity index (χ4n) is 2.30. The average Bonchev–Trinajstić information content (AvgIpc) is 3.29. The van der Waals surface area contributed by atoms with Crippen molar-refractivity contribution >= 4 is 40.4 Å². The Kier molecular flexibility index (Phi) is 3.54. The Morgan fingerprint density at radius 1 is 1.25 bits per heavy atom. The zero-order valence-corrected chi connectivity index (χ0v) is 13.0. The summed E-state index contributed by atoms with van der Waals surface area (Å²) >= 11 is 1.21. The van der Waals surface area contributed by atoms with Gasteiger partial charge in [-0.15, -0.1) is 5.10 Å². The van der Waals surface area contributed by atoms with Crippen LogP contribution in [0.15, 0.2) is 52.2 Å². The molecule has 4 aromatic rings. The Morgan fingerprint density at radius 2 is 2.12 bits per heavy atom. The number of amides is 2. The van der Waals surface area contributed by atoms with Gasteiger partial charge in [-0.05, 0) is 24.3 Å². The molecular weight excluding hydrogens is 330 g/mol. The Balaban J connectivity index is 1.48. The van der Waals surface area contributed by atoms with Gasteiger partial charge in [0.1, 0.15) is 0 Å². The largest absolute Gasteiger partial charge is 0.459 e. The van der Waals surface area contributed by atoms with Gasteiger partial charge in [0.15, 0.2) is 10.9 Å². The summed E-state index contributed by atoms with van der Waals surface area (Å²) in [6.07, 6.45) is 1.37. The van der Waals surface area contributed by atoms with Crippen LogP contribution in [0.2, 0.25) is 0 Å². The number of para-hydroxylation sites is 2. The van der Waals surface area contributed by atoms with Crippen molar-refractivity contribution in [1.29, 1.82) is 0 Å². The molecule has 0 saturated heterocycles. The van der Waals surface area contributed by atoms with Crippen LogP contribution in [0.25, 0.3) is 16.8 Å². The van der Waals surface area contributed by atoms with Gasteiger partial charge >= 0.3 is 0 Å². The summed E-state index contributed by atoms with van der Waals surface area (Å²) in [5.41, 5.74) is 1.74. The van der Waals surface area contributed by atoms with E-state index in [9.17, 15) is 9.59 Å². The normalized spacial score (nSPS) is 11.2. The van der Waals surface area contributed by atoms with Crippen LogP contribution < -0.4 is 5.32 Å². The van der Waals surface area contributed by atoms with Gasteiger partial charge in [0.05, 0.1) is 23.0 Å². The summed E-state index contributed by atoms with van der Waals surface area (Å²) in [6.45, 7) is 0. The Morgan fingerprint density at radius 3 is 2.96 bits per heavy atom. The fourth-order valence-corrected chi connectivity index (χ4v) is 3.06. The van der Waals surface area contributed by atoms with Crippen molar-refractivity contribution in [2.75, 3.05) is 5.75 Å². The number of aromatic nitrogens is 4. The number of fused-ring (bicyclic) bond motifs is 3. The summed E-state index contributed by atoms with van der Waals surface area (Å²) in [7, 11) is 0. The van der Waals surface area contributed by atoms with Crippen LogP contribution in [0.4, 0.5) is 0 Å². The summed E-state index contributed by atoms with van der Waals surface area (Å²) < 4.78 is 6.78. The molecule has 3 aromatic heterocycles. The molecule has 0 aliphatic carbocycles. The minimum Gasteiger partial charge on any atom is -0.459 e. The molecule has 3 heterocycles. The smallest absolute Gasteiger partial charge is 0.293 e. The zero-order valence-electron chi connectivity index (χ0n) is 12.2. The van der Waals surface area contributed by atoms with E-state index in [2.05, 4.69) is 20.5 Å². The molecule has 0 fully saturated rings. The van der Waals surface area contributed by atoms with Gasteiger partial charge in [-0.3, -0.25) is 19.3 Å². The molecular formula is C15H11N5O3S. The van der Waals surface area contributed by atoms with Crippen molar-refractivity contribution in [2.45, 2.75) is 5.16 Å². The minimum atomic E-state index is -0.564. The van der Waals surface area contributed by atoms with Gasteiger partial charge in [-0.25, -0.2) is 10.1 Å². The first kappa shape index (κ1) is 14.5. The predicted octanol–water partition coefficient (Wildman–Crippen LogP) is 1.85. The van der Waals surface area contributed by atoms with Crippen LogP contribution in [-0.2, 0) is 4.79 Å². The van der Waals surface area contributed by atoms with Crippen LogP contribution >= 0.6 is 11.8 Å². The molecule has 0 unspecified atom stereocenters. The highest BCUT2D eigenvalue weighted by molar-refractivity contribution is 7.99. The number of carbonyl (C=O) groups is 2. The van der Waals surface area contributed by atoms with Gasteiger partial charge in [0.2, 0.25) is 11.7 Å². The molecule has 0 bridgehead atoms. The van der Waals surface area contributed by atoms with Crippen LogP contribution in [0.1, 0.15) is 10.6 Å². The van der Waals surface area contributed by atoms with E-state index in [1.807, 2.05) is 28.7 Å². The number of benzene rings is 1. The standard InChI is InChI=1S/C15H11N5O3S/c21-12(17-13(22)11-6-3-7-23-11)8-24-15-19-18-14-16-9-4-1-2-5-10(9)20(14)15/h1-7H,8H2,(H,16,18)(H,17,21,22). The number of imidazole rings is 1. The number of rotatable bonds is 4. The van der Waals surface area contributed by atoms with Crippen LogP contribution in [0, 0.1) is 0 Å². The number of imide groups is 1. The molecule has 0 spiro atoms. The first-order valence-electron chi connectivity index (χ1n) is 7.04. The van der Waals surface area contributed by atoms with Crippen molar-refractivity contribution < 1.29 is 14.0 Å². The van der Waals surface area contributed by atoms with Crippen LogP contribution in [0.5, 0.6) is 0 Å². The van der Waals surface area contributed by atoms with Crippen molar-refractivity contribution in [2.24, 2.45) is 0 Å². The molecule has 4 rings (SSSR count). The molecule has 24 heavy (non-hydrogen) atoms. The Labute approximate surface area is 139 Å². The number of nitrogens with one attached hydrogen (secondary N) is 2. The quantitative estimate of drug-likeness (QED) is 0.549. The van der Waals surface area contributed by atoms with Gasteiger partial charge in [0, 0.05) is 0 Å². The molecule has 0 aliphatic rings. The van der Waals surface area contributed by atoms with Crippen molar-refractivity contribution in [3.8, 4) is 0 Å². The van der Waals surface area contributed by atoms with E-state index in [1.54, 1.807) is 6.07 Å². The lowest BCUT2D eigenvalue weighted by molar-refractivity contribution is -0.117. The summed E-state index contributed by atoms with van der Waals surface area (Å²) in [5.74, 6) is -0.256. The summed E-state index contributed by atoms with van der Waals surface area (Å²) in [5, 5.41) is 9.86. The maximum Gasteiger partial charge on any atom is 0.293 e. The third-order valence-electron chi connectivity index (χ3n) is 3.33. The second-order valence-corrected chi connectivity index (χ2v) is 5.85. The second-order valence-electron chi connectivity index (χ2n) is 4.91. The van der Waals surface area contributed by atoms with E-state index in [0.717, 1.165) is 11.0 Å². The lowest BCUT2D eigenvalue weighted by Gasteiger charge is -2.01. The molecule has 2 N–H and O–H groups in total. The second kappa shape index (κ2) is 5.85. The number of aromatic amines is 1. The van der Waals surface area contributed by atoms with Gasteiger partial charge in [0.25, 0.3) is 5.91 Å². The van der Waals surface area contributed by atoms with E-state index in [0.29, 0.717) is 10.9 Å². The molecule has 0 aliphatic heterocycles. The first-order chi connectivity index (χ1) is 11.7. The molecule has 9 heteroatoms. The van der Waals surface area contributed by atoms with E-state index >= 15 is 0 Å². The number of hydrogen-bond acceptors (Lipinski definition) is 6. The van der Waals surface area contributed by atoms with Crippen LogP contribution in [-0.4, -0.2) is 37.1 Å². The fraction of sp³-hybridized carbons (Fsp3) is 0.0667. The van der Waals surface area contributed by atoms with Crippen molar-refractivity contribution in [3.05, 3.63) is 48.4 Å². The molecule has 120 valence electrons. The third kappa shape index (κ3) is 2.54. The number of carbonyl (C=O) groups excluding carboxylic acids is 2. The van der Waals surface area contributed by atoms with Crippen molar-refractivity contribution in [3.63, 3.8) is 0 Å². The number of furan rings is 1. The van der Waals surface area contributed by atoms with Gasteiger partial charge in [-0.2, -0.15) is 0 Å². The predicted molar refractivity (Wildman–Crippen MR) is 86.7 cm³/mol.